The third kappa shape index (κ3) is 3.11. The van der Waals surface area contributed by atoms with Gasteiger partial charge in [0.05, 0.1) is 11.9 Å². The maximum Gasteiger partial charge on any atom is 0.259 e. The van der Waals surface area contributed by atoms with Crippen LogP contribution in [0.4, 0.5) is 0 Å². The SMILES string of the molecule is Cc1cc(C(C)NCc2nc3sc(C)c(C)c3c(=O)[nH]2)c(C)s1. The molecule has 0 fully saturated rings. The first kappa shape index (κ1) is 16.4. The topological polar surface area (TPSA) is 57.8 Å². The first-order chi connectivity index (χ1) is 10.9. The van der Waals surface area contributed by atoms with E-state index in [0.29, 0.717) is 12.4 Å². The van der Waals surface area contributed by atoms with Crippen LogP contribution >= 0.6 is 22.7 Å². The van der Waals surface area contributed by atoms with E-state index in [9.17, 15) is 4.79 Å². The Morgan fingerprint density at radius 3 is 2.61 bits per heavy atom. The lowest BCUT2D eigenvalue weighted by Crippen LogP contribution is -2.22. The molecule has 23 heavy (non-hydrogen) atoms. The number of thiophene rings is 2. The number of hydrogen-bond donors (Lipinski definition) is 2. The zero-order valence-corrected chi connectivity index (χ0v) is 15.7. The number of hydrogen-bond acceptors (Lipinski definition) is 5. The molecule has 0 amide bonds. The molecule has 0 bridgehead atoms. The highest BCUT2D eigenvalue weighted by Gasteiger charge is 2.14. The van der Waals surface area contributed by atoms with E-state index in [1.54, 1.807) is 11.3 Å². The minimum absolute atomic E-state index is 0.0381. The van der Waals surface area contributed by atoms with E-state index in [2.05, 4.69) is 42.1 Å². The maximum atomic E-state index is 12.3. The molecule has 0 radical (unpaired) electrons. The van der Waals surface area contributed by atoms with Crippen LogP contribution in [0.3, 0.4) is 0 Å². The zero-order chi connectivity index (χ0) is 16.7. The van der Waals surface area contributed by atoms with E-state index in [0.717, 1.165) is 20.7 Å². The molecule has 3 rings (SSSR count). The van der Waals surface area contributed by atoms with Crippen molar-refractivity contribution in [2.45, 2.75) is 47.2 Å². The van der Waals surface area contributed by atoms with Crippen molar-refractivity contribution in [2.75, 3.05) is 0 Å². The van der Waals surface area contributed by atoms with E-state index < -0.39 is 0 Å². The summed E-state index contributed by atoms with van der Waals surface area (Å²) in [7, 11) is 0. The first-order valence-electron chi connectivity index (χ1n) is 7.66. The molecule has 0 aromatic carbocycles. The highest BCUT2D eigenvalue weighted by molar-refractivity contribution is 7.18. The number of aromatic nitrogens is 2. The second kappa shape index (κ2) is 6.19. The minimum atomic E-state index is -0.0381. The summed E-state index contributed by atoms with van der Waals surface area (Å²) >= 11 is 3.40. The van der Waals surface area contributed by atoms with E-state index in [-0.39, 0.29) is 11.6 Å². The third-order valence-electron chi connectivity index (χ3n) is 4.21. The van der Waals surface area contributed by atoms with E-state index in [4.69, 9.17) is 0 Å². The van der Waals surface area contributed by atoms with Crippen LogP contribution in [0.5, 0.6) is 0 Å². The van der Waals surface area contributed by atoms with Crippen LogP contribution in [0, 0.1) is 27.7 Å². The summed E-state index contributed by atoms with van der Waals surface area (Å²) in [4.78, 5) is 24.5. The standard InChI is InChI=1S/C17H21N3OS2/c1-8-6-13(12(5)22-8)10(3)18-7-14-19-16(21)15-9(2)11(4)23-17(15)20-14/h6,10,18H,7H2,1-5H3,(H,19,20,21). The molecule has 0 saturated carbocycles. The van der Waals surface area contributed by atoms with Crippen molar-refractivity contribution in [1.29, 1.82) is 0 Å². The molecule has 3 aromatic heterocycles. The van der Waals surface area contributed by atoms with Gasteiger partial charge in [-0.1, -0.05) is 0 Å². The summed E-state index contributed by atoms with van der Waals surface area (Å²) in [6.45, 7) is 11.0. The molecule has 3 heterocycles. The van der Waals surface area contributed by atoms with Crippen LogP contribution in [-0.4, -0.2) is 9.97 Å². The van der Waals surface area contributed by atoms with Gasteiger partial charge in [0.15, 0.2) is 0 Å². The monoisotopic (exact) mass is 347 g/mol. The summed E-state index contributed by atoms with van der Waals surface area (Å²) in [5.41, 5.74) is 2.32. The molecule has 122 valence electrons. The van der Waals surface area contributed by atoms with Gasteiger partial charge in [-0.2, -0.15) is 0 Å². The fourth-order valence-electron chi connectivity index (χ4n) is 2.82. The molecule has 2 N–H and O–H groups in total. The van der Waals surface area contributed by atoms with E-state index >= 15 is 0 Å². The molecule has 1 atom stereocenters. The van der Waals surface area contributed by atoms with Crippen molar-refractivity contribution < 1.29 is 0 Å². The summed E-state index contributed by atoms with van der Waals surface area (Å²) in [6.07, 6.45) is 0. The highest BCUT2D eigenvalue weighted by atomic mass is 32.1. The van der Waals surface area contributed by atoms with Gasteiger partial charge in [-0.15, -0.1) is 22.7 Å². The van der Waals surface area contributed by atoms with E-state index in [1.807, 2.05) is 25.2 Å². The Labute approximate surface area is 143 Å². The normalized spacial score (nSPS) is 12.9. The molecular formula is C17H21N3OS2. The number of aromatic amines is 1. The Morgan fingerprint density at radius 1 is 1.22 bits per heavy atom. The lowest BCUT2D eigenvalue weighted by molar-refractivity contribution is 0.559. The van der Waals surface area contributed by atoms with Gasteiger partial charge in [0, 0.05) is 20.7 Å². The van der Waals surface area contributed by atoms with Crippen molar-refractivity contribution in [1.82, 2.24) is 15.3 Å². The molecule has 0 saturated heterocycles. The number of H-pyrrole nitrogens is 1. The number of aryl methyl sites for hydroxylation is 4. The molecular weight excluding hydrogens is 326 g/mol. The lowest BCUT2D eigenvalue weighted by Gasteiger charge is -2.13. The fourth-order valence-corrected chi connectivity index (χ4v) is 4.89. The van der Waals surface area contributed by atoms with E-state index in [1.165, 1.54) is 15.3 Å². The maximum absolute atomic E-state index is 12.3. The quantitative estimate of drug-likeness (QED) is 0.746. The Morgan fingerprint density at radius 2 is 1.96 bits per heavy atom. The molecule has 4 nitrogen and oxygen atoms in total. The zero-order valence-electron chi connectivity index (χ0n) is 14.0. The van der Waals surface area contributed by atoms with Crippen molar-refractivity contribution in [3.63, 3.8) is 0 Å². The van der Waals surface area contributed by atoms with Crippen LogP contribution in [0.1, 0.15) is 44.5 Å². The molecule has 0 spiro atoms. The highest BCUT2D eigenvalue weighted by Crippen LogP contribution is 2.27. The molecule has 3 aromatic rings. The molecule has 0 aliphatic heterocycles. The Balaban J connectivity index is 1.82. The lowest BCUT2D eigenvalue weighted by atomic mass is 10.1. The summed E-state index contributed by atoms with van der Waals surface area (Å²) < 4.78 is 0. The number of nitrogens with one attached hydrogen (secondary N) is 2. The summed E-state index contributed by atoms with van der Waals surface area (Å²) in [5.74, 6) is 0.695. The van der Waals surface area contributed by atoms with Crippen LogP contribution in [0.25, 0.3) is 10.2 Å². The smallest absolute Gasteiger partial charge is 0.259 e. The summed E-state index contributed by atoms with van der Waals surface area (Å²) in [5, 5.41) is 4.19. The van der Waals surface area contributed by atoms with Gasteiger partial charge >= 0.3 is 0 Å². The van der Waals surface area contributed by atoms with Crippen molar-refractivity contribution >= 4 is 32.9 Å². The predicted octanol–water partition coefficient (Wildman–Crippen LogP) is 4.13. The summed E-state index contributed by atoms with van der Waals surface area (Å²) in [6, 6.07) is 2.45. The van der Waals surface area contributed by atoms with Crippen LogP contribution < -0.4 is 10.9 Å². The van der Waals surface area contributed by atoms with Crippen LogP contribution in [0.2, 0.25) is 0 Å². The van der Waals surface area contributed by atoms with Gasteiger partial charge in [-0.3, -0.25) is 4.79 Å². The second-order valence-electron chi connectivity index (χ2n) is 5.95. The number of nitrogens with zero attached hydrogens (tertiary/aromatic N) is 1. The van der Waals surface area contributed by atoms with Crippen molar-refractivity contribution in [3.8, 4) is 0 Å². The molecule has 0 aliphatic carbocycles. The Bertz CT molecular complexity index is 920. The average molecular weight is 348 g/mol. The largest absolute Gasteiger partial charge is 0.309 e. The number of fused-ring (bicyclic) bond motifs is 1. The molecule has 1 unspecified atom stereocenters. The third-order valence-corrected chi connectivity index (χ3v) is 6.29. The van der Waals surface area contributed by atoms with Crippen LogP contribution in [-0.2, 0) is 6.54 Å². The Hall–Kier alpha value is -1.50. The minimum Gasteiger partial charge on any atom is -0.309 e. The number of rotatable bonds is 4. The average Bonchev–Trinajstić information content (AvgIpc) is 2.96. The first-order valence-corrected chi connectivity index (χ1v) is 9.29. The van der Waals surface area contributed by atoms with Crippen molar-refractivity contribution in [2.24, 2.45) is 0 Å². The fraction of sp³-hybridized carbons (Fsp3) is 0.412. The van der Waals surface area contributed by atoms with Gasteiger partial charge < -0.3 is 10.3 Å². The van der Waals surface area contributed by atoms with Crippen molar-refractivity contribution in [3.05, 3.63) is 48.0 Å². The van der Waals surface area contributed by atoms with Gasteiger partial charge in [-0.05, 0) is 51.8 Å². The van der Waals surface area contributed by atoms with Gasteiger partial charge in [0.2, 0.25) is 0 Å². The molecule has 6 heteroatoms. The van der Waals surface area contributed by atoms with Gasteiger partial charge in [0.25, 0.3) is 5.56 Å². The second-order valence-corrected chi connectivity index (χ2v) is 8.61. The predicted molar refractivity (Wildman–Crippen MR) is 98.8 cm³/mol. The van der Waals surface area contributed by atoms with Crippen LogP contribution in [0.15, 0.2) is 10.9 Å². The Kier molecular flexibility index (Phi) is 4.40. The molecule has 0 aliphatic rings. The van der Waals surface area contributed by atoms with Gasteiger partial charge in [-0.25, -0.2) is 4.98 Å². The van der Waals surface area contributed by atoms with Gasteiger partial charge in [0.1, 0.15) is 10.7 Å².